The van der Waals surface area contributed by atoms with Crippen molar-refractivity contribution < 1.29 is 4.39 Å². The molecule has 0 spiro atoms. The summed E-state index contributed by atoms with van der Waals surface area (Å²) in [6.45, 7) is 6.89. The number of anilines is 2. The smallest absolute Gasteiger partial charge is 0.245 e. The molecular weight excluding hydrogens is 319 g/mol. The minimum Gasteiger partial charge on any atom is -0.367 e. The van der Waals surface area contributed by atoms with Crippen LogP contribution in [0.25, 0.3) is 0 Å². The van der Waals surface area contributed by atoms with Crippen molar-refractivity contribution in [1.29, 1.82) is 5.26 Å². The van der Waals surface area contributed by atoms with Crippen LogP contribution in [0.1, 0.15) is 30.8 Å². The Kier molecular flexibility index (Phi) is 5.08. The van der Waals surface area contributed by atoms with Crippen LogP contribution in [0.3, 0.4) is 0 Å². The van der Waals surface area contributed by atoms with Gasteiger partial charge in [0.1, 0.15) is 17.4 Å². The van der Waals surface area contributed by atoms with Crippen LogP contribution in [0.2, 0.25) is 0 Å². The number of rotatable bonds is 4. The fourth-order valence-electron chi connectivity index (χ4n) is 3.10. The van der Waals surface area contributed by atoms with E-state index < -0.39 is 5.82 Å². The second-order valence-electron chi connectivity index (χ2n) is 5.93. The van der Waals surface area contributed by atoms with Crippen LogP contribution in [-0.2, 0) is 12.8 Å². The highest BCUT2D eigenvalue weighted by atomic mass is 19.1. The summed E-state index contributed by atoms with van der Waals surface area (Å²) >= 11 is 0. The second kappa shape index (κ2) is 7.43. The molecule has 1 aliphatic rings. The minimum absolute atomic E-state index is 0.106. The third kappa shape index (κ3) is 3.38. The quantitative estimate of drug-likeness (QED) is 0.851. The number of halogens is 1. The molecule has 0 amide bonds. The van der Waals surface area contributed by atoms with E-state index in [1.165, 1.54) is 6.07 Å². The van der Waals surface area contributed by atoms with Gasteiger partial charge in [0.15, 0.2) is 0 Å². The summed E-state index contributed by atoms with van der Waals surface area (Å²) in [5.41, 5.74) is 2.70. The van der Waals surface area contributed by atoms with Crippen molar-refractivity contribution in [1.82, 2.24) is 15.2 Å². The van der Waals surface area contributed by atoms with Gasteiger partial charge < -0.3 is 9.80 Å². The Hall–Kier alpha value is -2.75. The third-order valence-electron chi connectivity index (χ3n) is 4.50. The van der Waals surface area contributed by atoms with E-state index in [1.54, 1.807) is 12.1 Å². The molecule has 0 saturated carbocycles. The molecule has 1 aromatic heterocycles. The van der Waals surface area contributed by atoms with Crippen LogP contribution >= 0.6 is 0 Å². The molecule has 1 saturated heterocycles. The lowest BCUT2D eigenvalue weighted by Gasteiger charge is -2.36. The summed E-state index contributed by atoms with van der Waals surface area (Å²) < 4.78 is 13.8. The highest BCUT2D eigenvalue weighted by Crippen LogP contribution is 2.24. The molecule has 0 bridgehead atoms. The van der Waals surface area contributed by atoms with Crippen LogP contribution in [0.15, 0.2) is 18.2 Å². The molecule has 0 N–H and O–H groups in total. The lowest BCUT2D eigenvalue weighted by molar-refractivity contribution is 0.611. The maximum Gasteiger partial charge on any atom is 0.245 e. The van der Waals surface area contributed by atoms with Gasteiger partial charge in [0.05, 0.1) is 17.1 Å². The molecule has 3 rings (SSSR count). The number of nitrogens with zero attached hydrogens (tertiary/aromatic N) is 6. The van der Waals surface area contributed by atoms with Gasteiger partial charge in [-0.15, -0.1) is 5.10 Å². The van der Waals surface area contributed by atoms with Crippen molar-refractivity contribution >= 4 is 11.6 Å². The largest absolute Gasteiger partial charge is 0.367 e. The molecule has 1 aromatic carbocycles. The number of benzene rings is 1. The maximum absolute atomic E-state index is 13.8. The standard InChI is InChI=1S/C18H21FN6/c1-3-15-16(4-2)22-23-18(21-15)25-10-8-24(9-11-25)17-7-5-6-14(19)13(17)12-20/h5-7H,3-4,8-11H2,1-2H3. The summed E-state index contributed by atoms with van der Waals surface area (Å²) in [4.78, 5) is 8.78. The van der Waals surface area contributed by atoms with E-state index in [4.69, 9.17) is 0 Å². The van der Waals surface area contributed by atoms with E-state index in [1.807, 2.05) is 11.0 Å². The molecule has 2 heterocycles. The van der Waals surface area contributed by atoms with E-state index in [2.05, 4.69) is 33.9 Å². The normalized spacial score (nSPS) is 14.5. The first-order valence-corrected chi connectivity index (χ1v) is 8.58. The second-order valence-corrected chi connectivity index (χ2v) is 5.93. The van der Waals surface area contributed by atoms with Gasteiger partial charge in [0, 0.05) is 26.2 Å². The summed E-state index contributed by atoms with van der Waals surface area (Å²) in [6, 6.07) is 6.72. The zero-order valence-corrected chi connectivity index (χ0v) is 14.5. The van der Waals surface area contributed by atoms with E-state index in [0.717, 1.165) is 24.2 Å². The number of aryl methyl sites for hydroxylation is 2. The van der Waals surface area contributed by atoms with Gasteiger partial charge in [-0.1, -0.05) is 19.9 Å². The SMILES string of the molecule is CCc1nnc(N2CCN(c3cccc(F)c3C#N)CC2)nc1CC. The van der Waals surface area contributed by atoms with Crippen LogP contribution in [0, 0.1) is 17.1 Å². The van der Waals surface area contributed by atoms with E-state index in [0.29, 0.717) is 37.8 Å². The van der Waals surface area contributed by atoms with Crippen molar-refractivity contribution in [2.24, 2.45) is 0 Å². The molecule has 1 aliphatic heterocycles. The minimum atomic E-state index is -0.474. The van der Waals surface area contributed by atoms with E-state index in [-0.39, 0.29) is 5.56 Å². The Morgan fingerprint density at radius 3 is 2.36 bits per heavy atom. The first-order chi connectivity index (χ1) is 12.2. The maximum atomic E-state index is 13.8. The summed E-state index contributed by atoms with van der Waals surface area (Å²) in [5.74, 6) is 0.172. The Morgan fingerprint density at radius 2 is 1.72 bits per heavy atom. The number of aromatic nitrogens is 3. The highest BCUT2D eigenvalue weighted by molar-refractivity contribution is 5.60. The fraction of sp³-hybridized carbons (Fsp3) is 0.444. The van der Waals surface area contributed by atoms with Gasteiger partial charge in [0.2, 0.25) is 5.95 Å². The van der Waals surface area contributed by atoms with E-state index >= 15 is 0 Å². The topological polar surface area (TPSA) is 68.9 Å². The molecule has 0 unspecified atom stereocenters. The van der Waals surface area contributed by atoms with Gasteiger partial charge in [0.25, 0.3) is 0 Å². The zero-order chi connectivity index (χ0) is 17.8. The van der Waals surface area contributed by atoms with Gasteiger partial charge >= 0.3 is 0 Å². The monoisotopic (exact) mass is 340 g/mol. The molecule has 130 valence electrons. The molecule has 7 heteroatoms. The molecule has 2 aromatic rings. The Balaban J connectivity index is 1.75. The van der Waals surface area contributed by atoms with Gasteiger partial charge in [-0.3, -0.25) is 0 Å². The first-order valence-electron chi connectivity index (χ1n) is 8.58. The Bertz CT molecular complexity index is 793. The van der Waals surface area contributed by atoms with Crippen LogP contribution in [-0.4, -0.2) is 41.4 Å². The Labute approximate surface area is 146 Å². The highest BCUT2D eigenvalue weighted by Gasteiger charge is 2.23. The van der Waals surface area contributed by atoms with Gasteiger partial charge in [-0.25, -0.2) is 9.37 Å². The van der Waals surface area contributed by atoms with Gasteiger partial charge in [-0.05, 0) is 25.0 Å². The summed E-state index contributed by atoms with van der Waals surface area (Å²) in [6.07, 6.45) is 1.66. The third-order valence-corrected chi connectivity index (χ3v) is 4.50. The molecule has 25 heavy (non-hydrogen) atoms. The Morgan fingerprint density at radius 1 is 1.04 bits per heavy atom. The van der Waals surface area contributed by atoms with Gasteiger partial charge in [-0.2, -0.15) is 10.4 Å². The fourth-order valence-corrected chi connectivity index (χ4v) is 3.10. The average molecular weight is 340 g/mol. The molecule has 0 radical (unpaired) electrons. The van der Waals surface area contributed by atoms with E-state index in [9.17, 15) is 9.65 Å². The molecule has 0 aliphatic carbocycles. The number of piperazine rings is 1. The van der Waals surface area contributed by atoms with Crippen LogP contribution in [0.4, 0.5) is 16.0 Å². The predicted molar refractivity (Wildman–Crippen MR) is 94.1 cm³/mol. The summed E-state index contributed by atoms with van der Waals surface area (Å²) in [5, 5.41) is 17.8. The lowest BCUT2D eigenvalue weighted by atomic mass is 10.1. The van der Waals surface area contributed by atoms with Crippen LogP contribution in [0.5, 0.6) is 0 Å². The molecular formula is C18H21FN6. The van der Waals surface area contributed by atoms with Crippen molar-refractivity contribution in [2.75, 3.05) is 36.0 Å². The first kappa shape index (κ1) is 17.1. The van der Waals surface area contributed by atoms with Crippen molar-refractivity contribution in [2.45, 2.75) is 26.7 Å². The molecule has 1 fully saturated rings. The van der Waals surface area contributed by atoms with Crippen molar-refractivity contribution in [3.05, 3.63) is 41.0 Å². The molecule has 0 atom stereocenters. The zero-order valence-electron chi connectivity index (χ0n) is 14.5. The number of hydrogen-bond donors (Lipinski definition) is 0. The van der Waals surface area contributed by atoms with Crippen molar-refractivity contribution in [3.8, 4) is 6.07 Å². The average Bonchev–Trinajstić information content (AvgIpc) is 2.67. The lowest BCUT2D eigenvalue weighted by Crippen LogP contribution is -2.47. The molecule has 6 nitrogen and oxygen atoms in total. The predicted octanol–water partition coefficient (Wildman–Crippen LogP) is 2.33. The number of hydrogen-bond acceptors (Lipinski definition) is 6. The number of nitriles is 1. The van der Waals surface area contributed by atoms with Crippen LogP contribution < -0.4 is 9.80 Å². The summed E-state index contributed by atoms with van der Waals surface area (Å²) in [7, 11) is 0. The van der Waals surface area contributed by atoms with Crippen molar-refractivity contribution in [3.63, 3.8) is 0 Å².